The molecule has 0 heterocycles. The van der Waals surface area contributed by atoms with E-state index in [2.05, 4.69) is 11.8 Å². The fourth-order valence-electron chi connectivity index (χ4n) is 2.14. The quantitative estimate of drug-likeness (QED) is 0.862. The van der Waals surface area contributed by atoms with Gasteiger partial charge in [-0.2, -0.15) is 4.31 Å². The Bertz CT molecular complexity index is 672. The van der Waals surface area contributed by atoms with Gasteiger partial charge in [0.15, 0.2) is 0 Å². The minimum absolute atomic E-state index is 0.0123. The fraction of sp³-hybridized carbons (Fsp3) is 0.467. The molecule has 0 aromatic heterocycles. The molecule has 6 heteroatoms. The normalized spacial score (nSPS) is 15.4. The average molecular weight is 311 g/mol. The number of benzene rings is 1. The summed E-state index contributed by atoms with van der Waals surface area (Å²) in [6.07, 6.45) is 2.94. The maximum Gasteiger partial charge on any atom is 0.244 e. The molecule has 0 radical (unpaired) electrons. The van der Waals surface area contributed by atoms with E-state index in [1.54, 1.807) is 7.05 Å². The van der Waals surface area contributed by atoms with Gasteiger partial charge in [0.2, 0.25) is 10.0 Å². The number of sulfonamides is 1. The zero-order valence-electron chi connectivity index (χ0n) is 11.8. The Morgan fingerprint density at radius 2 is 2.14 bits per heavy atom. The van der Waals surface area contributed by atoms with Crippen molar-refractivity contribution in [2.24, 2.45) is 0 Å². The molecule has 0 atom stereocenters. The van der Waals surface area contributed by atoms with E-state index < -0.39 is 15.8 Å². The predicted molar refractivity (Wildman–Crippen MR) is 77.6 cm³/mol. The maximum absolute atomic E-state index is 13.4. The number of hydrogen-bond acceptors (Lipinski definition) is 3. The van der Waals surface area contributed by atoms with Gasteiger partial charge in [0.1, 0.15) is 5.82 Å². The molecule has 1 aliphatic carbocycles. The van der Waals surface area contributed by atoms with Gasteiger partial charge in [0, 0.05) is 25.1 Å². The van der Waals surface area contributed by atoms with Crippen LogP contribution < -0.4 is 0 Å². The van der Waals surface area contributed by atoms with Crippen LogP contribution in [0.3, 0.4) is 0 Å². The van der Waals surface area contributed by atoms with E-state index in [4.69, 9.17) is 5.11 Å². The van der Waals surface area contributed by atoms with Crippen molar-refractivity contribution in [3.63, 3.8) is 0 Å². The van der Waals surface area contributed by atoms with Crippen molar-refractivity contribution in [1.29, 1.82) is 0 Å². The monoisotopic (exact) mass is 311 g/mol. The molecule has 0 bridgehead atoms. The van der Waals surface area contributed by atoms with Crippen molar-refractivity contribution < 1.29 is 17.9 Å². The molecule has 0 amide bonds. The van der Waals surface area contributed by atoms with Crippen LogP contribution in [0, 0.1) is 17.7 Å². The number of rotatable bonds is 4. The summed E-state index contributed by atoms with van der Waals surface area (Å²) < 4.78 is 39.9. The van der Waals surface area contributed by atoms with Gasteiger partial charge in [-0.15, -0.1) is 0 Å². The van der Waals surface area contributed by atoms with Crippen LogP contribution in [0.4, 0.5) is 4.39 Å². The predicted octanol–water partition coefficient (Wildman–Crippen LogP) is 1.73. The molecule has 4 nitrogen and oxygen atoms in total. The molecule has 1 fully saturated rings. The largest absolute Gasteiger partial charge is 0.395 e. The summed E-state index contributed by atoms with van der Waals surface area (Å²) in [7, 11) is -2.13. The van der Waals surface area contributed by atoms with Crippen molar-refractivity contribution >= 4 is 10.0 Å². The van der Waals surface area contributed by atoms with Gasteiger partial charge in [-0.1, -0.05) is 18.3 Å². The first kappa shape index (κ1) is 16.0. The van der Waals surface area contributed by atoms with Crippen molar-refractivity contribution in [3.8, 4) is 11.8 Å². The molecule has 0 unspecified atom stereocenters. The minimum Gasteiger partial charge on any atom is -0.395 e. The molecule has 1 saturated carbocycles. The lowest BCUT2D eigenvalue weighted by atomic mass is 9.94. The number of nitrogens with zero attached hydrogens (tertiary/aromatic N) is 1. The summed E-state index contributed by atoms with van der Waals surface area (Å²) in [6.45, 7) is -0.119. The zero-order chi connectivity index (χ0) is 15.5. The molecular weight excluding hydrogens is 293 g/mol. The molecule has 0 spiro atoms. The molecule has 21 heavy (non-hydrogen) atoms. The number of aliphatic hydroxyl groups excluding tert-OH is 1. The zero-order valence-corrected chi connectivity index (χ0v) is 12.7. The summed E-state index contributed by atoms with van der Waals surface area (Å²) >= 11 is 0. The molecule has 1 aromatic rings. The second kappa shape index (κ2) is 6.56. The smallest absolute Gasteiger partial charge is 0.244 e. The highest BCUT2D eigenvalue weighted by atomic mass is 32.2. The Morgan fingerprint density at radius 1 is 1.43 bits per heavy atom. The first-order valence-electron chi connectivity index (χ1n) is 6.84. The molecule has 1 aromatic carbocycles. The maximum atomic E-state index is 13.4. The Hall–Kier alpha value is -1.42. The molecule has 1 aliphatic rings. The summed E-state index contributed by atoms with van der Waals surface area (Å²) in [5.41, 5.74) is 0.134. The van der Waals surface area contributed by atoms with Crippen LogP contribution in [0.25, 0.3) is 0 Å². The standard InChI is InChI=1S/C15H18FNO3S/c1-17(14-6-4-7-14)21(19,20)15-9-8-13(16)11-12(15)5-2-3-10-18/h8-9,11,14,18H,3-4,6-7,10H2,1H3. The second-order valence-electron chi connectivity index (χ2n) is 5.02. The van der Waals surface area contributed by atoms with Crippen molar-refractivity contribution in [2.45, 2.75) is 36.6 Å². The lowest BCUT2D eigenvalue weighted by Gasteiger charge is -2.33. The van der Waals surface area contributed by atoms with Gasteiger partial charge >= 0.3 is 0 Å². The number of aliphatic hydroxyl groups is 1. The average Bonchev–Trinajstić information content (AvgIpc) is 2.36. The molecule has 1 N–H and O–H groups in total. The summed E-state index contributed by atoms with van der Waals surface area (Å²) in [6, 6.07) is 3.51. The van der Waals surface area contributed by atoms with Crippen molar-refractivity contribution in [3.05, 3.63) is 29.6 Å². The highest BCUT2D eigenvalue weighted by Crippen LogP contribution is 2.29. The number of halogens is 1. The third-order valence-electron chi connectivity index (χ3n) is 3.65. The highest BCUT2D eigenvalue weighted by Gasteiger charge is 2.32. The third kappa shape index (κ3) is 3.43. The van der Waals surface area contributed by atoms with Crippen LogP contribution in [0.2, 0.25) is 0 Å². The van der Waals surface area contributed by atoms with E-state index in [-0.39, 0.29) is 29.5 Å². The van der Waals surface area contributed by atoms with Crippen LogP contribution in [0.1, 0.15) is 31.2 Å². The van der Waals surface area contributed by atoms with Gasteiger partial charge in [-0.05, 0) is 31.0 Å². The van der Waals surface area contributed by atoms with Crippen LogP contribution in [0.15, 0.2) is 23.1 Å². The van der Waals surface area contributed by atoms with E-state index in [0.717, 1.165) is 31.4 Å². The van der Waals surface area contributed by atoms with E-state index in [1.165, 1.54) is 10.4 Å². The van der Waals surface area contributed by atoms with E-state index in [0.29, 0.717) is 0 Å². The van der Waals surface area contributed by atoms with Crippen LogP contribution in [0.5, 0.6) is 0 Å². The van der Waals surface area contributed by atoms with Gasteiger partial charge < -0.3 is 5.11 Å². The fourth-order valence-corrected chi connectivity index (χ4v) is 3.68. The Labute approximate surface area is 124 Å². The van der Waals surface area contributed by atoms with Crippen molar-refractivity contribution in [1.82, 2.24) is 4.31 Å². The Kier molecular flexibility index (Phi) is 4.99. The first-order valence-corrected chi connectivity index (χ1v) is 8.28. The molecular formula is C15H18FNO3S. The summed E-state index contributed by atoms with van der Waals surface area (Å²) in [5.74, 6) is 4.74. The van der Waals surface area contributed by atoms with E-state index in [9.17, 15) is 12.8 Å². The summed E-state index contributed by atoms with van der Waals surface area (Å²) in [5, 5.41) is 8.73. The van der Waals surface area contributed by atoms with Gasteiger partial charge in [-0.3, -0.25) is 0 Å². The van der Waals surface area contributed by atoms with Crippen LogP contribution in [-0.2, 0) is 10.0 Å². The Balaban J connectivity index is 2.40. The van der Waals surface area contributed by atoms with E-state index in [1.807, 2.05) is 0 Å². The van der Waals surface area contributed by atoms with Gasteiger partial charge in [0.05, 0.1) is 11.5 Å². The minimum atomic E-state index is -3.68. The third-order valence-corrected chi connectivity index (χ3v) is 5.62. The summed E-state index contributed by atoms with van der Waals surface area (Å²) in [4.78, 5) is 0.0174. The van der Waals surface area contributed by atoms with Gasteiger partial charge in [-0.25, -0.2) is 12.8 Å². The topological polar surface area (TPSA) is 57.6 Å². The second-order valence-corrected chi connectivity index (χ2v) is 6.99. The van der Waals surface area contributed by atoms with Crippen molar-refractivity contribution in [2.75, 3.05) is 13.7 Å². The lowest BCUT2D eigenvalue weighted by molar-refractivity contribution is 0.249. The molecule has 2 rings (SSSR count). The lowest BCUT2D eigenvalue weighted by Crippen LogP contribution is -2.41. The van der Waals surface area contributed by atoms with E-state index >= 15 is 0 Å². The van der Waals surface area contributed by atoms with Crippen LogP contribution >= 0.6 is 0 Å². The number of hydrogen-bond donors (Lipinski definition) is 1. The van der Waals surface area contributed by atoms with Gasteiger partial charge in [0.25, 0.3) is 0 Å². The first-order chi connectivity index (χ1) is 9.96. The molecule has 0 saturated heterocycles. The van der Waals surface area contributed by atoms with Crippen LogP contribution in [-0.4, -0.2) is 37.5 Å². The SMILES string of the molecule is CN(C1CCC1)S(=O)(=O)c1ccc(F)cc1C#CCCO. The molecule has 114 valence electrons. The molecule has 0 aliphatic heterocycles. The Morgan fingerprint density at radius 3 is 2.71 bits per heavy atom. The highest BCUT2D eigenvalue weighted by molar-refractivity contribution is 7.89.